The Labute approximate surface area is 127 Å². The molecule has 0 saturated heterocycles. The van der Waals surface area contributed by atoms with Crippen molar-refractivity contribution in [3.63, 3.8) is 0 Å². The van der Waals surface area contributed by atoms with Gasteiger partial charge in [0.15, 0.2) is 5.78 Å². The molecular weight excluding hydrogens is 272 g/mol. The van der Waals surface area contributed by atoms with Gasteiger partial charge in [-0.3, -0.25) is 14.7 Å². The molecule has 20 heavy (non-hydrogen) atoms. The smallest absolute Gasteiger partial charge is 0.157 e. The number of halogens is 1. The maximum atomic E-state index is 12.9. The molecule has 0 amide bonds. The van der Waals surface area contributed by atoms with Crippen molar-refractivity contribution < 1.29 is 4.79 Å². The van der Waals surface area contributed by atoms with Gasteiger partial charge in [-0.2, -0.15) is 0 Å². The fourth-order valence-corrected chi connectivity index (χ4v) is 3.17. The number of ketones is 1. The number of rotatable bonds is 8. The summed E-state index contributed by atoms with van der Waals surface area (Å²) in [5, 5.41) is 0.571. The molecule has 3 nitrogen and oxygen atoms in total. The van der Waals surface area contributed by atoms with E-state index in [9.17, 15) is 4.79 Å². The van der Waals surface area contributed by atoms with Crippen molar-refractivity contribution in [3.8, 4) is 0 Å². The molecule has 112 valence electrons. The van der Waals surface area contributed by atoms with Crippen molar-refractivity contribution >= 4 is 17.4 Å². The average Bonchev–Trinajstić information content (AvgIpc) is 2.47. The fraction of sp³-hybridized carbons (Fsp3) is 0.625. The van der Waals surface area contributed by atoms with Crippen LogP contribution in [-0.4, -0.2) is 34.3 Å². The summed E-state index contributed by atoms with van der Waals surface area (Å²) in [5.41, 5.74) is 0.487. The monoisotopic (exact) mass is 296 g/mol. The molecule has 0 atom stereocenters. The second kappa shape index (κ2) is 7.75. The van der Waals surface area contributed by atoms with Crippen LogP contribution >= 0.6 is 11.6 Å². The van der Waals surface area contributed by atoms with E-state index in [0.29, 0.717) is 11.4 Å². The first kappa shape index (κ1) is 17.1. The number of nitrogens with zero attached hydrogens (tertiary/aromatic N) is 2. The van der Waals surface area contributed by atoms with Crippen LogP contribution in [-0.2, 0) is 11.2 Å². The number of hydrogen-bond donors (Lipinski definition) is 0. The fourth-order valence-electron chi connectivity index (χ4n) is 2.98. The SMILES string of the molecule is CCN(CC)C(CC)(CC)C(=O)Cc1ccncc1Cl. The summed E-state index contributed by atoms with van der Waals surface area (Å²) in [4.78, 5) is 19.1. The number of pyridine rings is 1. The summed E-state index contributed by atoms with van der Waals surface area (Å²) in [6.45, 7) is 10.2. The Balaban J connectivity index is 3.04. The highest BCUT2D eigenvalue weighted by Gasteiger charge is 2.38. The van der Waals surface area contributed by atoms with E-state index in [2.05, 4.69) is 37.6 Å². The summed E-state index contributed by atoms with van der Waals surface area (Å²) in [7, 11) is 0. The second-order valence-electron chi connectivity index (χ2n) is 4.98. The number of carbonyl (C=O) groups excluding carboxylic acids is 1. The first-order chi connectivity index (χ1) is 9.55. The highest BCUT2D eigenvalue weighted by molar-refractivity contribution is 6.31. The lowest BCUT2D eigenvalue weighted by atomic mass is 9.83. The molecule has 0 spiro atoms. The van der Waals surface area contributed by atoms with Gasteiger partial charge in [0.2, 0.25) is 0 Å². The van der Waals surface area contributed by atoms with Crippen LogP contribution in [0.15, 0.2) is 18.5 Å². The predicted octanol–water partition coefficient (Wildman–Crippen LogP) is 3.75. The Morgan fingerprint density at radius 2 is 1.85 bits per heavy atom. The molecule has 0 aliphatic heterocycles. The minimum atomic E-state index is -0.379. The number of aromatic nitrogens is 1. The first-order valence-corrected chi connectivity index (χ1v) is 7.80. The summed E-state index contributed by atoms with van der Waals surface area (Å²) >= 11 is 6.12. The molecule has 1 heterocycles. The van der Waals surface area contributed by atoms with Crippen molar-refractivity contribution in [2.24, 2.45) is 0 Å². The lowest BCUT2D eigenvalue weighted by molar-refractivity contribution is -0.131. The summed E-state index contributed by atoms with van der Waals surface area (Å²) in [5.74, 6) is 0.249. The predicted molar refractivity (Wildman–Crippen MR) is 84.2 cm³/mol. The third kappa shape index (κ3) is 3.39. The number of likely N-dealkylation sites (N-methyl/N-ethyl adjacent to an activating group) is 1. The molecule has 0 saturated carbocycles. The zero-order valence-electron chi connectivity index (χ0n) is 12.9. The van der Waals surface area contributed by atoms with Crippen LogP contribution in [0, 0.1) is 0 Å². The zero-order chi connectivity index (χ0) is 15.2. The van der Waals surface area contributed by atoms with Crippen molar-refractivity contribution in [3.05, 3.63) is 29.0 Å². The largest absolute Gasteiger partial charge is 0.297 e. The molecule has 4 heteroatoms. The molecule has 0 aliphatic carbocycles. The van der Waals surface area contributed by atoms with Crippen LogP contribution in [0.1, 0.15) is 46.1 Å². The third-order valence-electron chi connectivity index (χ3n) is 4.27. The Hall–Kier alpha value is -0.930. The summed E-state index contributed by atoms with van der Waals surface area (Å²) < 4.78 is 0. The van der Waals surface area contributed by atoms with Gasteiger partial charge in [0.05, 0.1) is 10.6 Å². The van der Waals surface area contributed by atoms with E-state index in [-0.39, 0.29) is 11.3 Å². The van der Waals surface area contributed by atoms with Gasteiger partial charge in [0, 0.05) is 18.8 Å². The van der Waals surface area contributed by atoms with Gasteiger partial charge in [-0.05, 0) is 37.6 Å². The maximum Gasteiger partial charge on any atom is 0.157 e. The van der Waals surface area contributed by atoms with Crippen molar-refractivity contribution in [2.75, 3.05) is 13.1 Å². The minimum absolute atomic E-state index is 0.249. The van der Waals surface area contributed by atoms with E-state index >= 15 is 0 Å². The minimum Gasteiger partial charge on any atom is -0.297 e. The van der Waals surface area contributed by atoms with Crippen LogP contribution in [0.4, 0.5) is 0 Å². The van der Waals surface area contributed by atoms with Gasteiger partial charge < -0.3 is 0 Å². The van der Waals surface area contributed by atoms with Crippen molar-refractivity contribution in [2.45, 2.75) is 52.5 Å². The Kier molecular flexibility index (Phi) is 6.63. The van der Waals surface area contributed by atoms with E-state index in [1.165, 1.54) is 0 Å². The Morgan fingerprint density at radius 1 is 1.25 bits per heavy atom. The standard InChI is InChI=1S/C16H25ClN2O/c1-5-16(6-2,19(7-3)8-4)15(20)11-13-9-10-18-12-14(13)17/h9-10,12H,5-8,11H2,1-4H3. The maximum absolute atomic E-state index is 12.9. The van der Waals surface area contributed by atoms with E-state index in [1.54, 1.807) is 12.4 Å². The Morgan fingerprint density at radius 3 is 2.30 bits per heavy atom. The number of carbonyl (C=O) groups is 1. The van der Waals surface area contributed by atoms with Crippen LogP contribution < -0.4 is 0 Å². The molecular formula is C16H25ClN2O. The van der Waals surface area contributed by atoms with Crippen LogP contribution in [0.5, 0.6) is 0 Å². The van der Waals surface area contributed by atoms with E-state index < -0.39 is 0 Å². The van der Waals surface area contributed by atoms with Crippen LogP contribution in [0.2, 0.25) is 5.02 Å². The van der Waals surface area contributed by atoms with E-state index in [0.717, 1.165) is 31.5 Å². The van der Waals surface area contributed by atoms with E-state index in [4.69, 9.17) is 11.6 Å². The van der Waals surface area contributed by atoms with Gasteiger partial charge in [-0.1, -0.05) is 39.3 Å². The molecule has 0 aliphatic rings. The van der Waals surface area contributed by atoms with E-state index in [1.807, 2.05) is 6.07 Å². The molecule has 0 fully saturated rings. The van der Waals surface area contributed by atoms with Gasteiger partial charge in [0.1, 0.15) is 0 Å². The molecule has 0 radical (unpaired) electrons. The lowest BCUT2D eigenvalue weighted by Gasteiger charge is -2.41. The van der Waals surface area contributed by atoms with Crippen LogP contribution in [0.25, 0.3) is 0 Å². The van der Waals surface area contributed by atoms with Gasteiger partial charge in [0.25, 0.3) is 0 Å². The molecule has 1 aromatic heterocycles. The second-order valence-corrected chi connectivity index (χ2v) is 5.39. The van der Waals surface area contributed by atoms with Gasteiger partial charge in [-0.15, -0.1) is 0 Å². The third-order valence-corrected chi connectivity index (χ3v) is 4.61. The van der Waals surface area contributed by atoms with Crippen molar-refractivity contribution in [1.29, 1.82) is 0 Å². The van der Waals surface area contributed by atoms with Crippen LogP contribution in [0.3, 0.4) is 0 Å². The zero-order valence-corrected chi connectivity index (χ0v) is 13.7. The van der Waals surface area contributed by atoms with Gasteiger partial charge >= 0.3 is 0 Å². The molecule has 1 aromatic rings. The normalized spacial score (nSPS) is 11.9. The number of Topliss-reactive ketones (excluding diaryl/α,β-unsaturated/α-hetero) is 1. The molecule has 0 aromatic carbocycles. The van der Waals surface area contributed by atoms with Gasteiger partial charge in [-0.25, -0.2) is 0 Å². The molecule has 0 unspecified atom stereocenters. The highest BCUT2D eigenvalue weighted by Crippen LogP contribution is 2.28. The average molecular weight is 297 g/mol. The highest BCUT2D eigenvalue weighted by atomic mass is 35.5. The summed E-state index contributed by atoms with van der Waals surface area (Å²) in [6.07, 6.45) is 5.31. The molecule has 1 rings (SSSR count). The molecule has 0 N–H and O–H groups in total. The first-order valence-electron chi connectivity index (χ1n) is 7.42. The Bertz CT molecular complexity index is 440. The summed E-state index contributed by atoms with van der Waals surface area (Å²) in [6, 6.07) is 1.83. The number of hydrogen-bond acceptors (Lipinski definition) is 3. The molecule has 0 bridgehead atoms. The topological polar surface area (TPSA) is 33.2 Å². The van der Waals surface area contributed by atoms with Crippen molar-refractivity contribution in [1.82, 2.24) is 9.88 Å². The lowest BCUT2D eigenvalue weighted by Crippen LogP contribution is -2.54. The quantitative estimate of drug-likeness (QED) is 0.732.